The van der Waals surface area contributed by atoms with Gasteiger partial charge in [0, 0.05) is 0 Å². The van der Waals surface area contributed by atoms with Gasteiger partial charge in [0.15, 0.2) is 0 Å². The van der Waals surface area contributed by atoms with Crippen molar-refractivity contribution in [2.45, 2.75) is 13.5 Å². The van der Waals surface area contributed by atoms with Crippen LogP contribution in [0, 0.1) is 0 Å². The van der Waals surface area contributed by atoms with Gasteiger partial charge in [-0.3, -0.25) is 10.6 Å². The first-order valence-electron chi connectivity index (χ1n) is 7.33. The van der Waals surface area contributed by atoms with E-state index in [2.05, 4.69) is 10.6 Å². The molecule has 126 valence electrons. The third kappa shape index (κ3) is 4.91. The maximum atomic E-state index is 11.9. The Morgan fingerprint density at radius 1 is 0.958 bits per heavy atom. The van der Waals surface area contributed by atoms with E-state index >= 15 is 0 Å². The quantitative estimate of drug-likeness (QED) is 0.726. The fourth-order valence-electron chi connectivity index (χ4n) is 1.91. The zero-order chi connectivity index (χ0) is 17.4. The number of hydrogen-bond acceptors (Lipinski definition) is 5. The van der Waals surface area contributed by atoms with Crippen LogP contribution in [0.15, 0.2) is 48.5 Å². The highest BCUT2D eigenvalue weighted by molar-refractivity contribution is 5.97. The molecule has 2 rings (SSSR count). The van der Waals surface area contributed by atoms with Gasteiger partial charge in [-0.2, -0.15) is 0 Å². The Balaban J connectivity index is 2.02. The van der Waals surface area contributed by atoms with Gasteiger partial charge in [-0.05, 0) is 24.6 Å². The standard InChI is InChI=1S/C17H18N2O5/c1-2-23-16(21)18-13-9-6-10-14(20)15(13)19-17(22)24-11-12-7-4-3-5-8-12/h3-10,20H,2,11H2,1H3,(H,18,21)(H,19,22). The number of hydrogen-bond donors (Lipinski definition) is 3. The predicted molar refractivity (Wildman–Crippen MR) is 89.0 cm³/mol. The Bertz CT molecular complexity index is 703. The van der Waals surface area contributed by atoms with Gasteiger partial charge in [0.05, 0.1) is 12.3 Å². The summed E-state index contributed by atoms with van der Waals surface area (Å²) in [6, 6.07) is 13.6. The van der Waals surface area contributed by atoms with E-state index in [1.165, 1.54) is 18.2 Å². The van der Waals surface area contributed by atoms with E-state index in [0.29, 0.717) is 0 Å². The lowest BCUT2D eigenvalue weighted by atomic mass is 10.2. The van der Waals surface area contributed by atoms with Crippen LogP contribution in [-0.2, 0) is 16.1 Å². The van der Waals surface area contributed by atoms with Crippen molar-refractivity contribution >= 4 is 23.6 Å². The molecule has 0 bridgehead atoms. The molecule has 0 radical (unpaired) electrons. The monoisotopic (exact) mass is 330 g/mol. The van der Waals surface area contributed by atoms with Crippen LogP contribution < -0.4 is 10.6 Å². The maximum absolute atomic E-state index is 11.9. The van der Waals surface area contributed by atoms with E-state index in [4.69, 9.17) is 9.47 Å². The van der Waals surface area contributed by atoms with E-state index in [1.54, 1.807) is 6.92 Å². The van der Waals surface area contributed by atoms with Gasteiger partial charge >= 0.3 is 12.2 Å². The first-order valence-corrected chi connectivity index (χ1v) is 7.33. The Kier molecular flexibility index (Phi) is 6.01. The highest BCUT2D eigenvalue weighted by Gasteiger charge is 2.14. The smallest absolute Gasteiger partial charge is 0.412 e. The molecule has 2 amide bonds. The van der Waals surface area contributed by atoms with Crippen LogP contribution in [0.2, 0.25) is 0 Å². The third-order valence-corrected chi connectivity index (χ3v) is 2.99. The topological polar surface area (TPSA) is 96.9 Å². The molecule has 0 aliphatic rings. The predicted octanol–water partition coefficient (Wildman–Crippen LogP) is 3.71. The average Bonchev–Trinajstić information content (AvgIpc) is 2.57. The van der Waals surface area contributed by atoms with E-state index in [0.717, 1.165) is 5.56 Å². The minimum Gasteiger partial charge on any atom is -0.506 e. The number of phenolic OH excluding ortho intramolecular Hbond substituents is 1. The van der Waals surface area contributed by atoms with Gasteiger partial charge in [-0.15, -0.1) is 0 Å². The highest BCUT2D eigenvalue weighted by atomic mass is 16.6. The van der Waals surface area contributed by atoms with Crippen molar-refractivity contribution in [3.05, 3.63) is 54.1 Å². The summed E-state index contributed by atoms with van der Waals surface area (Å²) in [4.78, 5) is 23.4. The summed E-state index contributed by atoms with van der Waals surface area (Å²) in [5.74, 6) is -0.207. The molecule has 0 heterocycles. The van der Waals surface area contributed by atoms with E-state index in [1.807, 2.05) is 30.3 Å². The lowest BCUT2D eigenvalue weighted by Gasteiger charge is -2.13. The van der Waals surface area contributed by atoms with Crippen LogP contribution in [0.25, 0.3) is 0 Å². The van der Waals surface area contributed by atoms with E-state index in [9.17, 15) is 14.7 Å². The number of phenols is 1. The zero-order valence-electron chi connectivity index (χ0n) is 13.1. The van der Waals surface area contributed by atoms with Crippen LogP contribution in [0.1, 0.15) is 12.5 Å². The maximum Gasteiger partial charge on any atom is 0.412 e. The summed E-state index contributed by atoms with van der Waals surface area (Å²) >= 11 is 0. The number of aromatic hydroxyl groups is 1. The van der Waals surface area contributed by atoms with Crippen LogP contribution in [0.5, 0.6) is 5.75 Å². The zero-order valence-corrected chi connectivity index (χ0v) is 13.1. The number of amides is 2. The Hall–Kier alpha value is -3.22. The van der Waals surface area contributed by atoms with Crippen LogP contribution >= 0.6 is 0 Å². The number of nitrogens with one attached hydrogen (secondary N) is 2. The Morgan fingerprint density at radius 2 is 1.67 bits per heavy atom. The summed E-state index contributed by atoms with van der Waals surface area (Å²) < 4.78 is 9.86. The lowest BCUT2D eigenvalue weighted by molar-refractivity contribution is 0.155. The summed E-state index contributed by atoms with van der Waals surface area (Å²) in [7, 11) is 0. The number of anilines is 2. The number of carbonyl (C=O) groups excluding carboxylic acids is 2. The van der Waals surface area contributed by atoms with Gasteiger partial charge in [0.1, 0.15) is 18.0 Å². The molecule has 0 saturated carbocycles. The average molecular weight is 330 g/mol. The minimum atomic E-state index is -0.757. The number of benzene rings is 2. The summed E-state index contributed by atoms with van der Waals surface area (Å²) in [6.07, 6.45) is -1.45. The van der Waals surface area contributed by atoms with Gasteiger partial charge in [0.25, 0.3) is 0 Å². The van der Waals surface area contributed by atoms with Gasteiger partial charge in [-0.25, -0.2) is 9.59 Å². The molecule has 24 heavy (non-hydrogen) atoms. The summed E-state index contributed by atoms with van der Waals surface area (Å²) in [5.41, 5.74) is 1.06. The molecule has 7 heteroatoms. The fourth-order valence-corrected chi connectivity index (χ4v) is 1.91. The van der Waals surface area contributed by atoms with Crippen molar-refractivity contribution in [3.8, 4) is 5.75 Å². The van der Waals surface area contributed by atoms with Crippen molar-refractivity contribution < 1.29 is 24.2 Å². The number of carbonyl (C=O) groups is 2. The molecule has 3 N–H and O–H groups in total. The number of ether oxygens (including phenoxy) is 2. The molecule has 0 atom stereocenters. The molecule has 0 aliphatic heterocycles. The molecular weight excluding hydrogens is 312 g/mol. The first kappa shape index (κ1) is 17.1. The lowest BCUT2D eigenvalue weighted by Crippen LogP contribution is -2.18. The second-order valence-corrected chi connectivity index (χ2v) is 4.73. The van der Waals surface area contributed by atoms with Crippen molar-refractivity contribution in [1.82, 2.24) is 0 Å². The van der Waals surface area contributed by atoms with Crippen LogP contribution in [0.4, 0.5) is 21.0 Å². The molecule has 0 aliphatic carbocycles. The first-order chi connectivity index (χ1) is 11.6. The molecular formula is C17H18N2O5. The molecule has 0 spiro atoms. The molecule has 2 aromatic rings. The second-order valence-electron chi connectivity index (χ2n) is 4.73. The number of rotatable bonds is 5. The molecule has 0 aromatic heterocycles. The number of para-hydroxylation sites is 1. The van der Waals surface area contributed by atoms with E-state index in [-0.39, 0.29) is 30.3 Å². The van der Waals surface area contributed by atoms with Crippen molar-refractivity contribution in [1.29, 1.82) is 0 Å². The second kappa shape index (κ2) is 8.42. The molecule has 0 fully saturated rings. The van der Waals surface area contributed by atoms with Gasteiger partial charge in [0.2, 0.25) is 0 Å². The van der Waals surface area contributed by atoms with E-state index < -0.39 is 12.2 Å². The molecule has 0 unspecified atom stereocenters. The van der Waals surface area contributed by atoms with Crippen LogP contribution in [0.3, 0.4) is 0 Å². The summed E-state index contributed by atoms with van der Waals surface area (Å²) in [5, 5.41) is 14.8. The largest absolute Gasteiger partial charge is 0.506 e. The van der Waals surface area contributed by atoms with Crippen molar-refractivity contribution in [3.63, 3.8) is 0 Å². The van der Waals surface area contributed by atoms with Crippen molar-refractivity contribution in [2.75, 3.05) is 17.2 Å². The molecule has 7 nitrogen and oxygen atoms in total. The fraction of sp³-hybridized carbons (Fsp3) is 0.176. The molecule has 2 aromatic carbocycles. The minimum absolute atomic E-state index is 0.0311. The van der Waals surface area contributed by atoms with Crippen molar-refractivity contribution in [2.24, 2.45) is 0 Å². The normalized spacial score (nSPS) is 9.88. The Labute approximate surface area is 139 Å². The van der Waals surface area contributed by atoms with Gasteiger partial charge < -0.3 is 14.6 Å². The molecule has 0 saturated heterocycles. The summed E-state index contributed by atoms with van der Waals surface area (Å²) in [6.45, 7) is 1.95. The highest BCUT2D eigenvalue weighted by Crippen LogP contribution is 2.31. The third-order valence-electron chi connectivity index (χ3n) is 2.99. The SMILES string of the molecule is CCOC(=O)Nc1cccc(O)c1NC(=O)OCc1ccccc1. The van der Waals surface area contributed by atoms with Crippen LogP contribution in [-0.4, -0.2) is 23.9 Å². The van der Waals surface area contributed by atoms with Gasteiger partial charge in [-0.1, -0.05) is 36.4 Å². The Morgan fingerprint density at radius 3 is 2.38 bits per heavy atom.